The third-order valence-electron chi connectivity index (χ3n) is 1.32. The first-order valence-corrected chi connectivity index (χ1v) is 3.33. The largest absolute Gasteiger partial charge is 1.00 e. The topological polar surface area (TPSA) is 49.8 Å². The summed E-state index contributed by atoms with van der Waals surface area (Å²) in [5.74, 6) is 0. The van der Waals surface area contributed by atoms with Gasteiger partial charge in [0, 0.05) is 0 Å². The Hall–Kier alpha value is 0.290. The average molecular weight is 148 g/mol. The van der Waals surface area contributed by atoms with Crippen LogP contribution >= 0.6 is 0 Å². The minimum atomic E-state index is 0. The monoisotopic (exact) mass is 148 g/mol. The Morgan fingerprint density at radius 1 is 1.20 bits per heavy atom. The second-order valence-electron chi connectivity index (χ2n) is 2.06. The Bertz CT molecular complexity index is 72.6. The van der Waals surface area contributed by atoms with Gasteiger partial charge in [0.15, 0.2) is 6.19 Å². The molecule has 1 fully saturated rings. The number of nitrogens with zero attached hydrogens (tertiary/aromatic N) is 1. The van der Waals surface area contributed by atoms with E-state index in [1.807, 2.05) is 0 Å². The van der Waals surface area contributed by atoms with Crippen LogP contribution < -0.4 is 35.3 Å². The zero-order valence-corrected chi connectivity index (χ0v) is 8.64. The number of hydrogen-bond donors (Lipinski definition) is 1. The predicted molar refractivity (Wildman–Crippen MR) is 37.2 cm³/mol. The van der Waals surface area contributed by atoms with Gasteiger partial charge in [0.2, 0.25) is 0 Å². The molecule has 0 heterocycles. The minimum absolute atomic E-state index is 0. The maximum atomic E-state index is 7.10. The van der Waals surface area contributed by atoms with Gasteiger partial charge in [-0.3, -0.25) is 0 Å². The Labute approximate surface area is 85.1 Å². The molecular weight excluding hydrogens is 135 g/mol. The van der Waals surface area contributed by atoms with Crippen molar-refractivity contribution in [2.45, 2.75) is 32.1 Å². The van der Waals surface area contributed by atoms with E-state index in [0.717, 1.165) is 0 Å². The molecule has 1 aliphatic rings. The summed E-state index contributed by atoms with van der Waals surface area (Å²) >= 11 is 0. The third-order valence-corrected chi connectivity index (χ3v) is 1.32. The summed E-state index contributed by atoms with van der Waals surface area (Å²) in [4.78, 5) is 0. The average Bonchev–Trinajstić information content (AvgIpc) is 1.93. The van der Waals surface area contributed by atoms with Gasteiger partial charge in [-0.1, -0.05) is 19.3 Å². The van der Waals surface area contributed by atoms with Crippen LogP contribution in [0, 0.1) is 17.9 Å². The van der Waals surface area contributed by atoms with Crippen LogP contribution in [0.5, 0.6) is 0 Å². The van der Waals surface area contributed by atoms with Gasteiger partial charge < -0.3 is 12.2 Å². The van der Waals surface area contributed by atoms with E-state index in [1.165, 1.54) is 38.3 Å². The molecule has 10 heavy (non-hydrogen) atoms. The van der Waals surface area contributed by atoms with Gasteiger partial charge in [-0.05, 0) is 0 Å². The smallest absolute Gasteiger partial charge is 0.337 e. The van der Waals surface area contributed by atoms with Crippen LogP contribution in [0.3, 0.4) is 0 Å². The summed E-state index contributed by atoms with van der Waals surface area (Å²) in [6.45, 7) is 0. The van der Waals surface area contributed by atoms with E-state index in [9.17, 15) is 0 Å². The van der Waals surface area contributed by atoms with Crippen molar-refractivity contribution in [3.63, 3.8) is 0 Å². The summed E-state index contributed by atoms with van der Waals surface area (Å²) in [5.41, 5.74) is 4.15. The van der Waals surface area contributed by atoms with Crippen molar-refractivity contribution in [2.24, 2.45) is 5.73 Å². The van der Waals surface area contributed by atoms with E-state index >= 15 is 0 Å². The van der Waals surface area contributed by atoms with E-state index in [0.29, 0.717) is 0 Å². The van der Waals surface area contributed by atoms with Crippen molar-refractivity contribution < 1.29 is 29.6 Å². The maximum Gasteiger partial charge on any atom is 1.00 e. The van der Waals surface area contributed by atoms with Crippen LogP contribution in [-0.2, 0) is 0 Å². The van der Waals surface area contributed by atoms with Crippen molar-refractivity contribution >= 4 is 0 Å². The van der Waals surface area contributed by atoms with Crippen molar-refractivity contribution in [1.82, 2.24) is 0 Å². The number of hydrogen-bond acceptors (Lipinski definition) is 2. The van der Waals surface area contributed by atoms with Crippen LogP contribution in [0.15, 0.2) is 0 Å². The molecule has 0 amide bonds. The minimum Gasteiger partial charge on any atom is -0.337 e. The van der Waals surface area contributed by atoms with Crippen LogP contribution in [0.1, 0.15) is 32.1 Å². The summed E-state index contributed by atoms with van der Waals surface area (Å²) in [5, 5.41) is 7.10. The van der Waals surface area contributed by atoms with Crippen molar-refractivity contribution in [3.05, 3.63) is 6.42 Å². The SMILES string of the molecule is N#CN.[CH-]1CCCCC1.[Na+]. The van der Waals surface area contributed by atoms with E-state index in [2.05, 4.69) is 12.2 Å². The van der Waals surface area contributed by atoms with Crippen LogP contribution in [0.4, 0.5) is 0 Å². The molecule has 0 aliphatic heterocycles. The van der Waals surface area contributed by atoms with E-state index < -0.39 is 0 Å². The first-order chi connectivity index (χ1) is 4.41. The normalized spacial score (nSPS) is 15.1. The molecule has 1 saturated carbocycles. The fourth-order valence-electron chi connectivity index (χ4n) is 0.898. The second kappa shape index (κ2) is 12.0. The molecule has 0 saturated heterocycles. The maximum absolute atomic E-state index is 7.10. The van der Waals surface area contributed by atoms with Crippen LogP contribution in [0.2, 0.25) is 0 Å². The van der Waals surface area contributed by atoms with E-state index in [-0.39, 0.29) is 29.6 Å². The molecule has 2 nitrogen and oxygen atoms in total. The molecule has 0 aromatic heterocycles. The number of rotatable bonds is 0. The molecule has 52 valence electrons. The van der Waals surface area contributed by atoms with Crippen LogP contribution in [-0.4, -0.2) is 0 Å². The van der Waals surface area contributed by atoms with Crippen molar-refractivity contribution in [2.75, 3.05) is 0 Å². The zero-order valence-electron chi connectivity index (χ0n) is 6.64. The standard InChI is InChI=1S/C6H11.CH2N2.Na/c1-2-4-6-5-3-1;2-1-3;/h1H,2-6H2;2H2;/q-1;;+1. The van der Waals surface area contributed by atoms with Crippen molar-refractivity contribution in [3.8, 4) is 6.19 Å². The third kappa shape index (κ3) is 11.1. The number of nitriles is 1. The summed E-state index contributed by atoms with van der Waals surface area (Å²) in [6, 6.07) is 0. The van der Waals surface area contributed by atoms with Gasteiger partial charge in [0.25, 0.3) is 0 Å². The van der Waals surface area contributed by atoms with Gasteiger partial charge >= 0.3 is 29.6 Å². The molecule has 3 heteroatoms. The van der Waals surface area contributed by atoms with Gasteiger partial charge in [-0.2, -0.15) is 18.1 Å². The number of nitrogens with two attached hydrogens (primary N) is 1. The Morgan fingerprint density at radius 2 is 1.60 bits per heavy atom. The Morgan fingerprint density at radius 3 is 1.70 bits per heavy atom. The molecule has 0 spiro atoms. The molecule has 0 atom stereocenters. The van der Waals surface area contributed by atoms with Crippen molar-refractivity contribution in [1.29, 1.82) is 5.26 Å². The molecule has 0 unspecified atom stereocenters. The molecule has 1 aliphatic carbocycles. The molecule has 0 radical (unpaired) electrons. The first kappa shape index (κ1) is 12.9. The quantitative estimate of drug-likeness (QED) is 0.198. The molecule has 2 N–H and O–H groups in total. The van der Waals surface area contributed by atoms with Gasteiger partial charge in [0.1, 0.15) is 0 Å². The van der Waals surface area contributed by atoms with E-state index in [1.54, 1.807) is 0 Å². The van der Waals surface area contributed by atoms with Gasteiger partial charge in [-0.25, -0.2) is 0 Å². The van der Waals surface area contributed by atoms with E-state index in [4.69, 9.17) is 5.26 Å². The second-order valence-corrected chi connectivity index (χ2v) is 2.06. The summed E-state index contributed by atoms with van der Waals surface area (Å²) in [6.07, 6.45) is 10.8. The fourth-order valence-corrected chi connectivity index (χ4v) is 0.898. The molecule has 0 bridgehead atoms. The Kier molecular flexibility index (Phi) is 15.5. The van der Waals surface area contributed by atoms with Crippen LogP contribution in [0.25, 0.3) is 0 Å². The van der Waals surface area contributed by atoms with Gasteiger partial charge in [-0.15, -0.1) is 0 Å². The summed E-state index contributed by atoms with van der Waals surface area (Å²) < 4.78 is 0. The van der Waals surface area contributed by atoms with Gasteiger partial charge in [0.05, 0.1) is 0 Å². The zero-order chi connectivity index (χ0) is 6.95. The molecule has 1 rings (SSSR count). The molecular formula is C7H13N2Na. The Balaban J connectivity index is 0. The molecule has 0 aromatic rings. The first-order valence-electron chi connectivity index (χ1n) is 3.33. The predicted octanol–water partition coefficient (Wildman–Crippen LogP) is -1.42. The fraction of sp³-hybridized carbons (Fsp3) is 0.714. The summed E-state index contributed by atoms with van der Waals surface area (Å²) in [7, 11) is 0. The molecule has 0 aromatic carbocycles.